The Bertz CT molecular complexity index is 1680. The molecule has 448 valence electrons. The number of carbonyl (C=O) groups excluding carboxylic acids is 3. The van der Waals surface area contributed by atoms with Crippen molar-refractivity contribution in [3.05, 3.63) is 134 Å². The zero-order chi connectivity index (χ0) is 57.1. The fourth-order valence-electron chi connectivity index (χ4n) is 8.79. The van der Waals surface area contributed by atoms with Gasteiger partial charge in [0.1, 0.15) is 13.2 Å². The molecule has 0 amide bonds. The topological polar surface area (TPSA) is 78.9 Å². The lowest BCUT2D eigenvalue weighted by molar-refractivity contribution is -0.167. The Balaban J connectivity index is 4.44. The van der Waals surface area contributed by atoms with Crippen LogP contribution in [0.3, 0.4) is 0 Å². The minimum atomic E-state index is -0.815. The van der Waals surface area contributed by atoms with Gasteiger partial charge in [-0.25, -0.2) is 0 Å². The molecular formula is C73H120O6. The molecule has 0 aromatic heterocycles. The Morgan fingerprint density at radius 2 is 0.506 bits per heavy atom. The van der Waals surface area contributed by atoms with Crippen LogP contribution in [0.5, 0.6) is 0 Å². The first-order valence-corrected chi connectivity index (χ1v) is 32.7. The summed E-state index contributed by atoms with van der Waals surface area (Å²) in [6.07, 6.45) is 93.2. The van der Waals surface area contributed by atoms with Gasteiger partial charge in [-0.05, 0) is 128 Å². The zero-order valence-corrected chi connectivity index (χ0v) is 51.3. The van der Waals surface area contributed by atoms with Crippen molar-refractivity contribution in [3.63, 3.8) is 0 Å². The molecule has 0 rings (SSSR count). The molecule has 0 spiro atoms. The summed E-state index contributed by atoms with van der Waals surface area (Å²) in [5.74, 6) is -0.978. The summed E-state index contributed by atoms with van der Waals surface area (Å²) in [4.78, 5) is 38.4. The Hall–Kier alpha value is -4.45. The van der Waals surface area contributed by atoms with Gasteiger partial charge in [-0.2, -0.15) is 0 Å². The van der Waals surface area contributed by atoms with Crippen LogP contribution in [0, 0.1) is 0 Å². The first-order chi connectivity index (χ1) is 39.0. The van der Waals surface area contributed by atoms with E-state index in [-0.39, 0.29) is 37.5 Å². The fraction of sp³-hybridized carbons (Fsp3) is 0.658. The number of hydrogen-bond donors (Lipinski definition) is 0. The monoisotopic (exact) mass is 1090 g/mol. The SMILES string of the molecule is CC/C=C\C/C=C\C/C=C\C/C=C\C/C=C\CCCC(=O)OCC(COC(=O)CCCCCCCCCCCCCCC/C=C\C/C=C\CCCCCCC)OC(=O)CCCCCCCC/C=C\C/C=C\C/C=C\C/C=C\CC. The maximum Gasteiger partial charge on any atom is 0.306 e. The van der Waals surface area contributed by atoms with Gasteiger partial charge in [0.05, 0.1) is 0 Å². The van der Waals surface area contributed by atoms with Crippen LogP contribution in [0.2, 0.25) is 0 Å². The summed E-state index contributed by atoms with van der Waals surface area (Å²) in [7, 11) is 0. The van der Waals surface area contributed by atoms with E-state index in [0.717, 1.165) is 122 Å². The van der Waals surface area contributed by atoms with Crippen molar-refractivity contribution in [1.29, 1.82) is 0 Å². The van der Waals surface area contributed by atoms with Gasteiger partial charge < -0.3 is 14.2 Å². The zero-order valence-electron chi connectivity index (χ0n) is 51.3. The minimum Gasteiger partial charge on any atom is -0.462 e. The molecule has 1 unspecified atom stereocenters. The molecule has 0 radical (unpaired) electrons. The van der Waals surface area contributed by atoms with Gasteiger partial charge in [0.15, 0.2) is 6.10 Å². The second-order valence-corrected chi connectivity index (χ2v) is 21.3. The molecule has 0 aliphatic rings. The van der Waals surface area contributed by atoms with Gasteiger partial charge in [0.2, 0.25) is 0 Å². The molecule has 0 aliphatic heterocycles. The van der Waals surface area contributed by atoms with Crippen molar-refractivity contribution in [2.45, 2.75) is 297 Å². The van der Waals surface area contributed by atoms with Gasteiger partial charge in [0.25, 0.3) is 0 Å². The molecule has 6 nitrogen and oxygen atoms in total. The van der Waals surface area contributed by atoms with E-state index < -0.39 is 6.10 Å². The van der Waals surface area contributed by atoms with Gasteiger partial charge in [-0.1, -0.05) is 276 Å². The van der Waals surface area contributed by atoms with Crippen molar-refractivity contribution >= 4 is 17.9 Å². The van der Waals surface area contributed by atoms with Crippen LogP contribution in [0.15, 0.2) is 134 Å². The van der Waals surface area contributed by atoms with Crippen molar-refractivity contribution < 1.29 is 28.6 Å². The van der Waals surface area contributed by atoms with Crippen molar-refractivity contribution in [1.82, 2.24) is 0 Å². The van der Waals surface area contributed by atoms with Crippen LogP contribution in [0.1, 0.15) is 290 Å². The number of allylic oxidation sites excluding steroid dienone is 22. The number of esters is 3. The molecule has 0 saturated heterocycles. The van der Waals surface area contributed by atoms with Crippen LogP contribution in [-0.2, 0) is 28.6 Å². The summed E-state index contributed by atoms with van der Waals surface area (Å²) in [6, 6.07) is 0. The Morgan fingerprint density at radius 1 is 0.266 bits per heavy atom. The highest BCUT2D eigenvalue weighted by molar-refractivity contribution is 5.71. The maximum atomic E-state index is 12.9. The summed E-state index contributed by atoms with van der Waals surface area (Å²) >= 11 is 0. The number of rotatable bonds is 58. The van der Waals surface area contributed by atoms with Crippen LogP contribution in [-0.4, -0.2) is 37.2 Å². The minimum absolute atomic E-state index is 0.105. The molecule has 0 aromatic rings. The summed E-state index contributed by atoms with van der Waals surface area (Å²) in [5.41, 5.74) is 0. The van der Waals surface area contributed by atoms with Crippen LogP contribution in [0.25, 0.3) is 0 Å². The highest BCUT2D eigenvalue weighted by Gasteiger charge is 2.19. The standard InChI is InChI=1S/C73H120O6/c1-4-7-10-13-16-19-22-25-28-31-33-34-35-36-37-38-40-42-45-48-51-54-57-60-63-66-72(75)78-69-70(68-77-71(74)65-62-59-56-53-50-47-44-41-30-27-24-21-18-15-12-9-6-3)79-73(76)67-64-61-58-55-52-49-46-43-39-32-29-26-23-20-17-14-11-8-5-2/h8-9,11-12,17-18,20-22,25-27,29-31,33,39,43-44,47,53,56,70H,4-7,10,13-16,19,23-24,28,32,34-38,40-42,45-46,48-52,54-55,57-69H2,1-3H3/b11-8-,12-9-,20-17-,21-18-,25-22-,29-26-,30-27-,33-31-,43-39-,47-44-,56-53-. The molecule has 0 bridgehead atoms. The van der Waals surface area contributed by atoms with E-state index in [2.05, 4.69) is 154 Å². The first-order valence-electron chi connectivity index (χ1n) is 32.7. The second kappa shape index (κ2) is 66.1. The quantitative estimate of drug-likeness (QED) is 0.0261. The molecule has 1 atom stereocenters. The third-order valence-electron chi connectivity index (χ3n) is 13.6. The number of ether oxygens (including phenoxy) is 3. The number of hydrogen-bond acceptors (Lipinski definition) is 6. The summed E-state index contributed by atoms with van der Waals surface area (Å²) in [5, 5.41) is 0. The van der Waals surface area contributed by atoms with E-state index in [1.54, 1.807) is 0 Å². The second-order valence-electron chi connectivity index (χ2n) is 21.3. The van der Waals surface area contributed by atoms with Gasteiger partial charge >= 0.3 is 17.9 Å². The molecule has 0 saturated carbocycles. The fourth-order valence-corrected chi connectivity index (χ4v) is 8.79. The van der Waals surface area contributed by atoms with Crippen molar-refractivity contribution in [2.24, 2.45) is 0 Å². The summed E-state index contributed by atoms with van der Waals surface area (Å²) < 4.78 is 16.9. The lowest BCUT2D eigenvalue weighted by Gasteiger charge is -2.18. The number of unbranched alkanes of at least 4 members (excludes halogenated alkanes) is 25. The third kappa shape index (κ3) is 64.3. The van der Waals surface area contributed by atoms with Crippen LogP contribution < -0.4 is 0 Å². The molecule has 6 heteroatoms. The predicted octanol–water partition coefficient (Wildman–Crippen LogP) is 22.5. The molecule has 0 fully saturated rings. The Labute approximate surface area is 487 Å². The Kier molecular flexibility index (Phi) is 62.3. The van der Waals surface area contributed by atoms with E-state index in [1.165, 1.54) is 122 Å². The van der Waals surface area contributed by atoms with Crippen molar-refractivity contribution in [2.75, 3.05) is 13.2 Å². The molecule has 0 aromatic carbocycles. The van der Waals surface area contributed by atoms with E-state index >= 15 is 0 Å². The van der Waals surface area contributed by atoms with E-state index in [0.29, 0.717) is 19.3 Å². The van der Waals surface area contributed by atoms with E-state index in [1.807, 2.05) is 0 Å². The lowest BCUT2D eigenvalue weighted by Crippen LogP contribution is -2.30. The van der Waals surface area contributed by atoms with E-state index in [9.17, 15) is 14.4 Å². The molecule has 0 N–H and O–H groups in total. The van der Waals surface area contributed by atoms with Crippen LogP contribution in [0.4, 0.5) is 0 Å². The Morgan fingerprint density at radius 3 is 0.823 bits per heavy atom. The largest absolute Gasteiger partial charge is 0.462 e. The molecule has 79 heavy (non-hydrogen) atoms. The molecule has 0 aliphatic carbocycles. The average Bonchev–Trinajstić information content (AvgIpc) is 3.45. The van der Waals surface area contributed by atoms with Gasteiger partial charge in [0, 0.05) is 19.3 Å². The summed E-state index contributed by atoms with van der Waals surface area (Å²) in [6.45, 7) is 6.36. The molecule has 0 heterocycles. The lowest BCUT2D eigenvalue weighted by atomic mass is 10.0. The average molecular weight is 1090 g/mol. The maximum absolute atomic E-state index is 12.9. The van der Waals surface area contributed by atoms with Gasteiger partial charge in [-0.15, -0.1) is 0 Å². The van der Waals surface area contributed by atoms with Crippen molar-refractivity contribution in [3.8, 4) is 0 Å². The first kappa shape index (κ1) is 74.5. The highest BCUT2D eigenvalue weighted by Crippen LogP contribution is 2.16. The van der Waals surface area contributed by atoms with E-state index in [4.69, 9.17) is 14.2 Å². The predicted molar refractivity (Wildman–Crippen MR) is 343 cm³/mol. The smallest absolute Gasteiger partial charge is 0.306 e. The third-order valence-corrected chi connectivity index (χ3v) is 13.6. The molecular weight excluding hydrogens is 973 g/mol. The van der Waals surface area contributed by atoms with Gasteiger partial charge in [-0.3, -0.25) is 14.4 Å². The number of carbonyl (C=O) groups is 3. The highest BCUT2D eigenvalue weighted by atomic mass is 16.6. The normalized spacial score (nSPS) is 13.0. The van der Waals surface area contributed by atoms with Crippen LogP contribution >= 0.6 is 0 Å².